The Kier molecular flexibility index (Phi) is 3.25. The van der Waals surface area contributed by atoms with Crippen LogP contribution in [0.3, 0.4) is 0 Å². The maximum absolute atomic E-state index is 12.9. The second-order valence-corrected chi connectivity index (χ2v) is 2.85. The molecule has 1 aromatic carbocycles. The Labute approximate surface area is 77.0 Å². The Morgan fingerprint density at radius 3 is 2.69 bits per heavy atom. The van der Waals surface area contributed by atoms with Crippen molar-refractivity contribution in [2.75, 3.05) is 7.11 Å². The van der Waals surface area contributed by atoms with E-state index in [1.165, 1.54) is 19.2 Å². The van der Waals surface area contributed by atoms with E-state index in [9.17, 15) is 9.50 Å². The lowest BCUT2D eigenvalue weighted by Crippen LogP contribution is -1.97. The van der Waals surface area contributed by atoms with Crippen LogP contribution in [0.15, 0.2) is 18.2 Å². The largest absolute Gasteiger partial charge is 0.497 e. The lowest BCUT2D eigenvalue weighted by Gasteiger charge is -2.09. The van der Waals surface area contributed by atoms with Gasteiger partial charge in [-0.05, 0) is 24.1 Å². The van der Waals surface area contributed by atoms with E-state index in [2.05, 4.69) is 0 Å². The first-order valence-electron chi connectivity index (χ1n) is 4.20. The maximum Gasteiger partial charge on any atom is 0.127 e. The zero-order valence-corrected chi connectivity index (χ0v) is 7.75. The van der Waals surface area contributed by atoms with Crippen molar-refractivity contribution >= 4 is 0 Å². The molecule has 1 unspecified atom stereocenters. The van der Waals surface area contributed by atoms with Crippen molar-refractivity contribution in [1.29, 1.82) is 0 Å². The molecular formula is C10H13FO2. The molecule has 0 aliphatic carbocycles. The summed E-state index contributed by atoms with van der Waals surface area (Å²) in [6.07, 6.45) is -0.0586. The van der Waals surface area contributed by atoms with Gasteiger partial charge >= 0.3 is 0 Å². The third-order valence-electron chi connectivity index (χ3n) is 1.90. The molecule has 0 bridgehead atoms. The highest BCUT2D eigenvalue weighted by molar-refractivity contribution is 5.30. The van der Waals surface area contributed by atoms with E-state index in [-0.39, 0.29) is 5.82 Å². The van der Waals surface area contributed by atoms with Gasteiger partial charge in [0.05, 0.1) is 13.2 Å². The SMILES string of the molecule is CCC(O)c1cc(F)cc(OC)c1. The molecule has 0 aliphatic heterocycles. The van der Waals surface area contributed by atoms with Crippen LogP contribution >= 0.6 is 0 Å². The molecule has 13 heavy (non-hydrogen) atoms. The molecule has 0 saturated heterocycles. The Morgan fingerprint density at radius 1 is 1.46 bits per heavy atom. The second-order valence-electron chi connectivity index (χ2n) is 2.85. The van der Waals surface area contributed by atoms with Crippen LogP contribution in [0.2, 0.25) is 0 Å². The summed E-state index contributed by atoms with van der Waals surface area (Å²) in [4.78, 5) is 0. The fourth-order valence-electron chi connectivity index (χ4n) is 1.13. The highest BCUT2D eigenvalue weighted by Gasteiger charge is 2.07. The number of methoxy groups -OCH3 is 1. The normalized spacial score (nSPS) is 12.6. The average molecular weight is 184 g/mol. The monoisotopic (exact) mass is 184 g/mol. The number of aliphatic hydroxyl groups excluding tert-OH is 1. The molecule has 1 rings (SSSR count). The molecule has 0 radical (unpaired) electrons. The maximum atomic E-state index is 12.9. The van der Waals surface area contributed by atoms with E-state index >= 15 is 0 Å². The van der Waals surface area contributed by atoms with Crippen LogP contribution in [0.1, 0.15) is 25.0 Å². The summed E-state index contributed by atoms with van der Waals surface area (Å²) in [6, 6.07) is 4.24. The van der Waals surface area contributed by atoms with Crippen molar-refractivity contribution < 1.29 is 14.2 Å². The fourth-order valence-corrected chi connectivity index (χ4v) is 1.13. The van der Waals surface area contributed by atoms with E-state index in [1.807, 2.05) is 6.92 Å². The summed E-state index contributed by atoms with van der Waals surface area (Å²) < 4.78 is 17.8. The molecule has 0 amide bonds. The summed E-state index contributed by atoms with van der Waals surface area (Å²) in [7, 11) is 1.47. The average Bonchev–Trinajstić information content (AvgIpc) is 2.15. The third-order valence-corrected chi connectivity index (χ3v) is 1.90. The molecule has 0 saturated carbocycles. The summed E-state index contributed by atoms with van der Waals surface area (Å²) in [5, 5.41) is 9.45. The second kappa shape index (κ2) is 4.23. The van der Waals surface area contributed by atoms with Gasteiger partial charge in [0, 0.05) is 6.07 Å². The van der Waals surface area contributed by atoms with E-state index in [0.29, 0.717) is 17.7 Å². The number of ether oxygens (including phenoxy) is 1. The van der Waals surface area contributed by atoms with Crippen molar-refractivity contribution in [3.63, 3.8) is 0 Å². The van der Waals surface area contributed by atoms with E-state index < -0.39 is 6.10 Å². The molecule has 3 heteroatoms. The summed E-state index contributed by atoms with van der Waals surface area (Å²) in [5.41, 5.74) is 0.555. The van der Waals surface area contributed by atoms with Gasteiger partial charge in [-0.15, -0.1) is 0 Å². The molecule has 0 aromatic heterocycles. The highest BCUT2D eigenvalue weighted by Crippen LogP contribution is 2.22. The number of hydrogen-bond donors (Lipinski definition) is 1. The van der Waals surface area contributed by atoms with E-state index in [0.717, 1.165) is 0 Å². The van der Waals surface area contributed by atoms with Crippen LogP contribution in [-0.4, -0.2) is 12.2 Å². The van der Waals surface area contributed by atoms with Gasteiger partial charge < -0.3 is 9.84 Å². The minimum atomic E-state index is -0.621. The van der Waals surface area contributed by atoms with Crippen LogP contribution in [0.5, 0.6) is 5.75 Å². The van der Waals surface area contributed by atoms with E-state index in [4.69, 9.17) is 4.74 Å². The van der Waals surface area contributed by atoms with Gasteiger partial charge in [-0.25, -0.2) is 4.39 Å². The number of hydrogen-bond acceptors (Lipinski definition) is 2. The lowest BCUT2D eigenvalue weighted by molar-refractivity contribution is 0.173. The van der Waals surface area contributed by atoms with Crippen molar-refractivity contribution in [2.45, 2.75) is 19.4 Å². The quantitative estimate of drug-likeness (QED) is 0.780. The molecule has 0 heterocycles. The molecule has 0 aliphatic rings. The topological polar surface area (TPSA) is 29.5 Å². The Balaban J connectivity index is 3.01. The van der Waals surface area contributed by atoms with Crippen LogP contribution in [0.25, 0.3) is 0 Å². The first-order valence-corrected chi connectivity index (χ1v) is 4.20. The first kappa shape index (κ1) is 9.99. The number of benzene rings is 1. The predicted octanol–water partition coefficient (Wildman–Crippen LogP) is 2.28. The van der Waals surface area contributed by atoms with Crippen molar-refractivity contribution in [3.05, 3.63) is 29.6 Å². The molecule has 1 atom stereocenters. The fraction of sp³-hybridized carbons (Fsp3) is 0.400. The molecule has 0 fully saturated rings. The van der Waals surface area contributed by atoms with Crippen LogP contribution in [-0.2, 0) is 0 Å². The molecule has 1 aromatic rings. The molecule has 0 spiro atoms. The number of aliphatic hydroxyl groups is 1. The molecule has 1 N–H and O–H groups in total. The van der Waals surface area contributed by atoms with Gasteiger partial charge in [0.1, 0.15) is 11.6 Å². The van der Waals surface area contributed by atoms with Crippen molar-refractivity contribution in [3.8, 4) is 5.75 Å². The first-order chi connectivity index (χ1) is 6.17. The predicted molar refractivity (Wildman–Crippen MR) is 48.2 cm³/mol. The van der Waals surface area contributed by atoms with Crippen LogP contribution in [0.4, 0.5) is 4.39 Å². The van der Waals surface area contributed by atoms with Crippen molar-refractivity contribution in [1.82, 2.24) is 0 Å². The van der Waals surface area contributed by atoms with Gasteiger partial charge in [-0.3, -0.25) is 0 Å². The van der Waals surface area contributed by atoms with Crippen LogP contribution in [0, 0.1) is 5.82 Å². The molecule has 2 nitrogen and oxygen atoms in total. The van der Waals surface area contributed by atoms with Crippen LogP contribution < -0.4 is 4.74 Å². The number of halogens is 1. The number of rotatable bonds is 3. The standard InChI is InChI=1S/C10H13FO2/c1-3-10(12)7-4-8(11)6-9(5-7)13-2/h4-6,10,12H,3H2,1-2H3. The van der Waals surface area contributed by atoms with Gasteiger partial charge in [0.2, 0.25) is 0 Å². The van der Waals surface area contributed by atoms with Crippen molar-refractivity contribution in [2.24, 2.45) is 0 Å². The summed E-state index contributed by atoms with van der Waals surface area (Å²) >= 11 is 0. The summed E-state index contributed by atoms with van der Waals surface area (Å²) in [6.45, 7) is 1.84. The highest BCUT2D eigenvalue weighted by atomic mass is 19.1. The van der Waals surface area contributed by atoms with E-state index in [1.54, 1.807) is 6.07 Å². The lowest BCUT2D eigenvalue weighted by atomic mass is 10.1. The van der Waals surface area contributed by atoms with Gasteiger partial charge in [0.25, 0.3) is 0 Å². The zero-order chi connectivity index (χ0) is 9.84. The Hall–Kier alpha value is -1.09. The summed E-state index contributed by atoms with van der Waals surface area (Å²) in [5.74, 6) is 0.0457. The Bertz CT molecular complexity index is 286. The molecular weight excluding hydrogens is 171 g/mol. The molecule has 72 valence electrons. The van der Waals surface area contributed by atoms with Gasteiger partial charge in [0.15, 0.2) is 0 Å². The van der Waals surface area contributed by atoms with Gasteiger partial charge in [-0.2, -0.15) is 0 Å². The minimum absolute atomic E-state index is 0.387. The third kappa shape index (κ3) is 2.42. The minimum Gasteiger partial charge on any atom is -0.497 e. The van der Waals surface area contributed by atoms with Gasteiger partial charge in [-0.1, -0.05) is 6.92 Å². The smallest absolute Gasteiger partial charge is 0.127 e. The zero-order valence-electron chi connectivity index (χ0n) is 7.75. The Morgan fingerprint density at radius 2 is 2.15 bits per heavy atom.